The zero-order chi connectivity index (χ0) is 30.9. The van der Waals surface area contributed by atoms with Gasteiger partial charge in [-0.2, -0.15) is 26.3 Å². The number of rotatable bonds is 6. The summed E-state index contributed by atoms with van der Waals surface area (Å²) in [5, 5.41) is 4.15. The van der Waals surface area contributed by atoms with E-state index in [1.165, 1.54) is 18.2 Å². The van der Waals surface area contributed by atoms with Gasteiger partial charge in [0, 0.05) is 22.8 Å². The Kier molecular flexibility index (Phi) is 8.65. The van der Waals surface area contributed by atoms with Crippen molar-refractivity contribution < 1.29 is 50.2 Å². The van der Waals surface area contributed by atoms with E-state index >= 15 is 0 Å². The van der Waals surface area contributed by atoms with Crippen LogP contribution < -0.4 is 15.4 Å². The second kappa shape index (κ2) is 11.3. The van der Waals surface area contributed by atoms with E-state index in [-0.39, 0.29) is 23.8 Å². The number of fused-ring (bicyclic) bond motifs is 1. The largest absolute Gasteiger partial charge is 0.459 e. The van der Waals surface area contributed by atoms with Gasteiger partial charge in [-0.25, -0.2) is 0 Å². The summed E-state index contributed by atoms with van der Waals surface area (Å²) in [4.78, 5) is 39.0. The van der Waals surface area contributed by atoms with E-state index in [9.17, 15) is 40.7 Å². The third-order valence-corrected chi connectivity index (χ3v) is 5.50. The highest BCUT2D eigenvalue weighted by Gasteiger charge is 2.43. The maximum atomic E-state index is 14.0. The number of benzene rings is 2. The van der Waals surface area contributed by atoms with Crippen LogP contribution in [-0.4, -0.2) is 34.9 Å². The lowest BCUT2D eigenvalue weighted by Crippen LogP contribution is -2.40. The van der Waals surface area contributed by atoms with Crippen LogP contribution in [0.2, 0.25) is 0 Å². The lowest BCUT2D eigenvalue weighted by atomic mass is 10.0. The Morgan fingerprint density at radius 2 is 1.49 bits per heavy atom. The molecule has 222 valence electrons. The first kappa shape index (κ1) is 31.3. The van der Waals surface area contributed by atoms with Gasteiger partial charge < -0.3 is 25.1 Å². The standard InChI is InChI=1S/C27H27F6N3O5/c1-13(2)17-11-34-20-7-6-15(10-16(17)20)40-22-18(26(28,29)30)8-14(9-19(22)27(31,32)33)36-24(39)23(38)35-12-21(37)41-25(3,4)5/h6-11,13,34H,12H2,1-5H3,(H,35,38)(H,36,39). The van der Waals surface area contributed by atoms with Crippen LogP contribution in [0, 0.1) is 0 Å². The van der Waals surface area contributed by atoms with E-state index in [4.69, 9.17) is 9.47 Å². The summed E-state index contributed by atoms with van der Waals surface area (Å²) in [7, 11) is 0. The molecule has 0 aliphatic rings. The van der Waals surface area contributed by atoms with Gasteiger partial charge in [0.15, 0.2) is 5.75 Å². The van der Waals surface area contributed by atoms with Crippen LogP contribution in [0.15, 0.2) is 36.5 Å². The molecule has 3 rings (SSSR count). The average molecular weight is 588 g/mol. The van der Waals surface area contributed by atoms with E-state index in [2.05, 4.69) is 4.98 Å². The number of hydrogen-bond acceptors (Lipinski definition) is 5. The van der Waals surface area contributed by atoms with Gasteiger partial charge in [-0.1, -0.05) is 13.8 Å². The Morgan fingerprint density at radius 3 is 2.00 bits per heavy atom. The molecule has 14 heteroatoms. The van der Waals surface area contributed by atoms with Gasteiger partial charge >= 0.3 is 30.1 Å². The van der Waals surface area contributed by atoms with Gasteiger partial charge in [-0.05, 0) is 62.6 Å². The smallest absolute Gasteiger partial charge is 0.420 e. The summed E-state index contributed by atoms with van der Waals surface area (Å²) in [6.45, 7) is 7.61. The number of hydrogen-bond donors (Lipinski definition) is 3. The number of anilines is 1. The molecule has 1 heterocycles. The van der Waals surface area contributed by atoms with E-state index < -0.39 is 64.8 Å². The van der Waals surface area contributed by atoms with Crippen molar-refractivity contribution in [1.29, 1.82) is 0 Å². The normalized spacial score (nSPS) is 12.4. The van der Waals surface area contributed by atoms with Gasteiger partial charge in [0.1, 0.15) is 29.0 Å². The lowest BCUT2D eigenvalue weighted by molar-refractivity contribution is -0.154. The molecule has 0 fully saturated rings. The first-order chi connectivity index (χ1) is 18.8. The summed E-state index contributed by atoms with van der Waals surface area (Å²) in [5.41, 5.74) is -4.17. The van der Waals surface area contributed by atoms with Crippen LogP contribution >= 0.6 is 0 Å². The average Bonchev–Trinajstić information content (AvgIpc) is 3.24. The number of aromatic nitrogens is 1. The van der Waals surface area contributed by atoms with E-state index in [0.717, 1.165) is 5.56 Å². The van der Waals surface area contributed by atoms with Crippen molar-refractivity contribution >= 4 is 34.4 Å². The minimum Gasteiger partial charge on any atom is -0.459 e. The first-order valence-corrected chi connectivity index (χ1v) is 12.2. The summed E-state index contributed by atoms with van der Waals surface area (Å²) in [5.74, 6) is -5.83. The van der Waals surface area contributed by atoms with Gasteiger partial charge in [-0.15, -0.1) is 0 Å². The molecular formula is C27H27F6N3O5. The number of carbonyl (C=O) groups is 3. The number of carbonyl (C=O) groups excluding carboxylic acids is 3. The summed E-state index contributed by atoms with van der Waals surface area (Å²) in [6, 6.07) is 4.44. The fourth-order valence-corrected chi connectivity index (χ4v) is 3.81. The number of nitrogens with one attached hydrogen (secondary N) is 3. The Morgan fingerprint density at radius 1 is 0.902 bits per heavy atom. The quantitative estimate of drug-likeness (QED) is 0.173. The number of esters is 1. The van der Waals surface area contributed by atoms with Gasteiger partial charge in [-0.3, -0.25) is 14.4 Å². The summed E-state index contributed by atoms with van der Waals surface area (Å²) < 4.78 is 94.3. The molecule has 2 amide bonds. The van der Waals surface area contributed by atoms with E-state index in [1.54, 1.807) is 32.3 Å². The number of H-pyrrole nitrogens is 1. The highest BCUT2D eigenvalue weighted by atomic mass is 19.4. The first-order valence-electron chi connectivity index (χ1n) is 12.2. The van der Waals surface area contributed by atoms with E-state index in [1.807, 2.05) is 19.2 Å². The molecule has 0 atom stereocenters. The molecule has 41 heavy (non-hydrogen) atoms. The SMILES string of the molecule is CC(C)c1c[nH]c2ccc(Oc3c(C(F)(F)F)cc(NC(=O)C(=O)NCC(=O)OC(C)(C)C)cc3C(F)(F)F)cc12. The molecule has 0 spiro atoms. The maximum Gasteiger partial charge on any atom is 0.420 e. The Balaban J connectivity index is 1.96. The molecule has 0 unspecified atom stereocenters. The Bertz CT molecular complexity index is 1430. The molecule has 1 aromatic heterocycles. The fourth-order valence-electron chi connectivity index (χ4n) is 3.81. The van der Waals surface area contributed by atoms with Crippen molar-refractivity contribution in [3.8, 4) is 11.5 Å². The Labute approximate surface area is 230 Å². The monoisotopic (exact) mass is 587 g/mol. The zero-order valence-electron chi connectivity index (χ0n) is 22.6. The van der Waals surface area contributed by atoms with Crippen molar-refractivity contribution in [2.75, 3.05) is 11.9 Å². The van der Waals surface area contributed by atoms with Crippen LogP contribution in [0.1, 0.15) is 57.2 Å². The summed E-state index contributed by atoms with van der Waals surface area (Å²) >= 11 is 0. The second-order valence-electron chi connectivity index (χ2n) is 10.3. The maximum absolute atomic E-state index is 14.0. The number of alkyl halides is 6. The molecule has 0 saturated heterocycles. The van der Waals surface area contributed by atoms with Crippen molar-refractivity contribution in [3.63, 3.8) is 0 Å². The van der Waals surface area contributed by atoms with Crippen molar-refractivity contribution in [2.24, 2.45) is 0 Å². The molecule has 3 aromatic rings. The van der Waals surface area contributed by atoms with Crippen LogP contribution in [0.25, 0.3) is 10.9 Å². The topological polar surface area (TPSA) is 110 Å². The van der Waals surface area contributed by atoms with Gasteiger partial charge in [0.05, 0.1) is 0 Å². The molecule has 8 nitrogen and oxygen atoms in total. The van der Waals surface area contributed by atoms with Gasteiger partial charge in [0.2, 0.25) is 0 Å². The molecule has 0 saturated carbocycles. The molecular weight excluding hydrogens is 560 g/mol. The fraction of sp³-hybridized carbons (Fsp3) is 0.370. The zero-order valence-corrected chi connectivity index (χ0v) is 22.6. The highest BCUT2D eigenvalue weighted by molar-refractivity contribution is 6.39. The van der Waals surface area contributed by atoms with Crippen LogP contribution in [0.5, 0.6) is 11.5 Å². The van der Waals surface area contributed by atoms with Gasteiger partial charge in [0.25, 0.3) is 0 Å². The number of ether oxygens (including phenoxy) is 2. The second-order valence-corrected chi connectivity index (χ2v) is 10.3. The molecule has 0 bridgehead atoms. The minimum atomic E-state index is -5.35. The van der Waals surface area contributed by atoms with Crippen molar-refractivity contribution in [1.82, 2.24) is 10.3 Å². The molecule has 0 aliphatic heterocycles. The third kappa shape index (κ3) is 7.92. The van der Waals surface area contributed by atoms with Crippen LogP contribution in [0.4, 0.5) is 32.0 Å². The number of halogens is 6. The highest BCUT2D eigenvalue weighted by Crippen LogP contribution is 2.47. The van der Waals surface area contributed by atoms with Crippen LogP contribution in [-0.2, 0) is 31.5 Å². The van der Waals surface area contributed by atoms with Crippen molar-refractivity contribution in [3.05, 3.63) is 53.2 Å². The minimum absolute atomic E-state index is 0.000275. The lowest BCUT2D eigenvalue weighted by Gasteiger charge is -2.21. The third-order valence-electron chi connectivity index (χ3n) is 5.50. The predicted octanol–water partition coefficient (Wildman–Crippen LogP) is 6.52. The molecule has 2 aromatic carbocycles. The predicted molar refractivity (Wildman–Crippen MR) is 136 cm³/mol. The number of amides is 2. The Hall–Kier alpha value is -4.23. The molecule has 0 aliphatic carbocycles. The van der Waals surface area contributed by atoms with Crippen LogP contribution in [0.3, 0.4) is 0 Å². The molecule has 0 radical (unpaired) electrons. The summed E-state index contributed by atoms with van der Waals surface area (Å²) in [6.07, 6.45) is -9.02. The number of aromatic amines is 1. The molecule has 3 N–H and O–H groups in total. The van der Waals surface area contributed by atoms with Crippen molar-refractivity contribution in [2.45, 2.75) is 58.5 Å². The van der Waals surface area contributed by atoms with E-state index in [0.29, 0.717) is 10.9 Å².